The highest BCUT2D eigenvalue weighted by Gasteiger charge is 2.27. The SMILES string of the molecule is Cl.NC(N)=NCC1CCC(C(=O)Oc2ccc([N+](=O)[O-])cc2)CC1. The van der Waals surface area contributed by atoms with Crippen LogP contribution in [0.15, 0.2) is 29.3 Å². The first-order chi connectivity index (χ1) is 11.0. The van der Waals surface area contributed by atoms with Gasteiger partial charge in [-0.2, -0.15) is 0 Å². The van der Waals surface area contributed by atoms with Gasteiger partial charge in [0.15, 0.2) is 5.96 Å². The zero-order chi connectivity index (χ0) is 16.8. The minimum atomic E-state index is -0.497. The smallest absolute Gasteiger partial charge is 0.314 e. The highest BCUT2D eigenvalue weighted by Crippen LogP contribution is 2.30. The molecule has 8 nitrogen and oxygen atoms in total. The maximum absolute atomic E-state index is 12.1. The first kappa shape index (κ1) is 19.7. The van der Waals surface area contributed by atoms with Gasteiger partial charge >= 0.3 is 5.97 Å². The zero-order valence-corrected chi connectivity index (χ0v) is 13.9. The zero-order valence-electron chi connectivity index (χ0n) is 13.1. The largest absolute Gasteiger partial charge is 0.426 e. The molecule has 0 aromatic heterocycles. The summed E-state index contributed by atoms with van der Waals surface area (Å²) in [5.41, 5.74) is 10.6. The fraction of sp³-hybridized carbons (Fsp3) is 0.467. The number of hydrogen-bond donors (Lipinski definition) is 2. The van der Waals surface area contributed by atoms with Crippen LogP contribution in [-0.2, 0) is 4.79 Å². The van der Waals surface area contributed by atoms with Crippen LogP contribution in [0.5, 0.6) is 5.75 Å². The van der Waals surface area contributed by atoms with Crippen LogP contribution in [0.3, 0.4) is 0 Å². The van der Waals surface area contributed by atoms with Gasteiger partial charge in [-0.3, -0.25) is 19.9 Å². The first-order valence-electron chi connectivity index (χ1n) is 7.47. The highest BCUT2D eigenvalue weighted by molar-refractivity contribution is 5.85. The molecule has 0 amide bonds. The standard InChI is InChI=1S/C15H20N4O4.ClH/c16-15(17)18-9-10-1-3-11(4-2-10)14(20)23-13-7-5-12(6-8-13)19(21)22;/h5-8,10-11H,1-4,9H2,(H4,16,17,18);1H. The molecular weight excluding hydrogens is 336 g/mol. The number of hydrogen-bond acceptors (Lipinski definition) is 5. The van der Waals surface area contributed by atoms with Crippen molar-refractivity contribution < 1.29 is 14.5 Å². The van der Waals surface area contributed by atoms with Crippen LogP contribution in [0.25, 0.3) is 0 Å². The fourth-order valence-electron chi connectivity index (χ4n) is 2.65. The van der Waals surface area contributed by atoms with E-state index in [1.165, 1.54) is 24.3 Å². The normalized spacial score (nSPS) is 19.7. The summed E-state index contributed by atoms with van der Waals surface area (Å²) in [7, 11) is 0. The summed E-state index contributed by atoms with van der Waals surface area (Å²) in [5, 5.41) is 10.6. The molecule has 1 aliphatic carbocycles. The molecule has 0 saturated heterocycles. The second-order valence-corrected chi connectivity index (χ2v) is 5.66. The Kier molecular flexibility index (Phi) is 7.44. The molecule has 2 rings (SSSR count). The molecule has 1 fully saturated rings. The second kappa shape index (κ2) is 9.07. The third-order valence-electron chi connectivity index (χ3n) is 3.98. The van der Waals surface area contributed by atoms with E-state index < -0.39 is 4.92 Å². The van der Waals surface area contributed by atoms with Crippen molar-refractivity contribution >= 4 is 30.0 Å². The van der Waals surface area contributed by atoms with Crippen molar-refractivity contribution in [2.24, 2.45) is 28.3 Å². The number of ether oxygens (including phenoxy) is 1. The summed E-state index contributed by atoms with van der Waals surface area (Å²) in [4.78, 5) is 26.2. The summed E-state index contributed by atoms with van der Waals surface area (Å²) >= 11 is 0. The Balaban J connectivity index is 0.00000288. The predicted molar refractivity (Wildman–Crippen MR) is 92.1 cm³/mol. The summed E-state index contributed by atoms with van der Waals surface area (Å²) < 4.78 is 5.29. The van der Waals surface area contributed by atoms with E-state index >= 15 is 0 Å². The van der Waals surface area contributed by atoms with Gasteiger partial charge in [-0.1, -0.05) is 0 Å². The molecule has 1 aliphatic rings. The number of carbonyl (C=O) groups is 1. The van der Waals surface area contributed by atoms with Gasteiger partial charge < -0.3 is 16.2 Å². The van der Waals surface area contributed by atoms with E-state index in [-0.39, 0.29) is 35.9 Å². The first-order valence-corrected chi connectivity index (χ1v) is 7.47. The lowest BCUT2D eigenvalue weighted by Gasteiger charge is -2.26. The van der Waals surface area contributed by atoms with Crippen LogP contribution in [0.2, 0.25) is 0 Å². The number of benzene rings is 1. The molecule has 0 aliphatic heterocycles. The van der Waals surface area contributed by atoms with E-state index in [0.717, 1.165) is 25.7 Å². The predicted octanol–water partition coefficient (Wildman–Crippen LogP) is 2.00. The number of aliphatic imine (C=N–C) groups is 1. The van der Waals surface area contributed by atoms with Gasteiger partial charge in [-0.15, -0.1) is 12.4 Å². The van der Waals surface area contributed by atoms with Crippen molar-refractivity contribution in [1.29, 1.82) is 0 Å². The summed E-state index contributed by atoms with van der Waals surface area (Å²) in [6.07, 6.45) is 3.21. The molecule has 4 N–H and O–H groups in total. The van der Waals surface area contributed by atoms with Crippen molar-refractivity contribution in [3.8, 4) is 5.75 Å². The molecule has 0 unspecified atom stereocenters. The topological polar surface area (TPSA) is 134 Å². The van der Waals surface area contributed by atoms with Gasteiger partial charge in [-0.05, 0) is 43.7 Å². The number of non-ortho nitro benzene ring substituents is 1. The van der Waals surface area contributed by atoms with Gasteiger partial charge in [0.2, 0.25) is 0 Å². The molecule has 1 aromatic rings. The Morgan fingerprint density at radius 3 is 2.29 bits per heavy atom. The number of nitrogens with zero attached hydrogens (tertiary/aromatic N) is 2. The third kappa shape index (κ3) is 5.69. The molecular formula is C15H21ClN4O4. The lowest BCUT2D eigenvalue weighted by molar-refractivity contribution is -0.384. The number of nitrogens with two attached hydrogens (primary N) is 2. The van der Waals surface area contributed by atoms with Crippen LogP contribution >= 0.6 is 12.4 Å². The van der Waals surface area contributed by atoms with E-state index in [4.69, 9.17) is 16.2 Å². The maximum atomic E-state index is 12.1. The van der Waals surface area contributed by atoms with Crippen LogP contribution in [-0.4, -0.2) is 23.4 Å². The van der Waals surface area contributed by atoms with E-state index in [9.17, 15) is 14.9 Å². The molecule has 0 spiro atoms. The molecule has 0 heterocycles. The number of rotatable bonds is 5. The monoisotopic (exact) mass is 356 g/mol. The van der Waals surface area contributed by atoms with Gasteiger partial charge in [0.25, 0.3) is 5.69 Å². The second-order valence-electron chi connectivity index (χ2n) is 5.66. The van der Waals surface area contributed by atoms with Gasteiger partial charge in [0.05, 0.1) is 10.8 Å². The molecule has 1 saturated carbocycles. The van der Waals surface area contributed by atoms with Gasteiger partial charge in [0, 0.05) is 18.7 Å². The molecule has 9 heteroatoms. The average Bonchev–Trinajstić information content (AvgIpc) is 2.54. The molecule has 132 valence electrons. The minimum Gasteiger partial charge on any atom is -0.426 e. The Morgan fingerprint density at radius 2 is 1.79 bits per heavy atom. The maximum Gasteiger partial charge on any atom is 0.314 e. The number of carbonyl (C=O) groups excluding carboxylic acids is 1. The van der Waals surface area contributed by atoms with Crippen molar-refractivity contribution in [3.63, 3.8) is 0 Å². The van der Waals surface area contributed by atoms with Crippen molar-refractivity contribution in [2.45, 2.75) is 25.7 Å². The van der Waals surface area contributed by atoms with Crippen LogP contribution < -0.4 is 16.2 Å². The van der Waals surface area contributed by atoms with Crippen LogP contribution in [0.1, 0.15) is 25.7 Å². The van der Waals surface area contributed by atoms with E-state index in [0.29, 0.717) is 18.2 Å². The molecule has 1 aromatic carbocycles. The van der Waals surface area contributed by atoms with E-state index in [2.05, 4.69) is 4.99 Å². The van der Waals surface area contributed by atoms with Crippen molar-refractivity contribution in [1.82, 2.24) is 0 Å². The van der Waals surface area contributed by atoms with Gasteiger partial charge in [0.1, 0.15) is 5.75 Å². The highest BCUT2D eigenvalue weighted by atomic mass is 35.5. The number of halogens is 1. The fourth-order valence-corrected chi connectivity index (χ4v) is 2.65. The third-order valence-corrected chi connectivity index (χ3v) is 3.98. The Labute approximate surface area is 145 Å². The number of nitro groups is 1. The van der Waals surface area contributed by atoms with E-state index in [1.807, 2.05) is 0 Å². The number of guanidine groups is 1. The van der Waals surface area contributed by atoms with E-state index in [1.54, 1.807) is 0 Å². The average molecular weight is 357 g/mol. The minimum absolute atomic E-state index is 0. The van der Waals surface area contributed by atoms with Crippen molar-refractivity contribution in [3.05, 3.63) is 34.4 Å². The quantitative estimate of drug-likeness (QED) is 0.207. The number of esters is 1. The Hall–Kier alpha value is -2.35. The lowest BCUT2D eigenvalue weighted by atomic mass is 9.82. The molecule has 0 atom stereocenters. The van der Waals surface area contributed by atoms with Crippen molar-refractivity contribution in [2.75, 3.05) is 6.54 Å². The van der Waals surface area contributed by atoms with Crippen LogP contribution in [0.4, 0.5) is 5.69 Å². The van der Waals surface area contributed by atoms with Gasteiger partial charge in [-0.25, -0.2) is 0 Å². The Bertz CT molecular complexity index is 594. The summed E-state index contributed by atoms with van der Waals surface area (Å²) in [6, 6.07) is 5.49. The summed E-state index contributed by atoms with van der Waals surface area (Å²) in [6.45, 7) is 0.590. The number of nitro benzene ring substituents is 1. The lowest BCUT2D eigenvalue weighted by Crippen LogP contribution is -2.28. The molecule has 24 heavy (non-hydrogen) atoms. The van der Waals surface area contributed by atoms with Crippen LogP contribution in [0, 0.1) is 22.0 Å². The Morgan fingerprint density at radius 1 is 1.21 bits per heavy atom. The summed E-state index contributed by atoms with van der Waals surface area (Å²) in [5.74, 6) is 0.355. The molecule has 0 radical (unpaired) electrons. The molecule has 0 bridgehead atoms.